The van der Waals surface area contributed by atoms with Crippen molar-refractivity contribution in [2.45, 2.75) is 166 Å². The van der Waals surface area contributed by atoms with Gasteiger partial charge in [-0.2, -0.15) is 0 Å². The Kier molecular flexibility index (Phi) is 10.4. The van der Waals surface area contributed by atoms with Crippen LogP contribution < -0.4 is 0 Å². The van der Waals surface area contributed by atoms with Gasteiger partial charge in [0.15, 0.2) is 14.1 Å². The van der Waals surface area contributed by atoms with E-state index in [1.807, 2.05) is 39.0 Å². The zero-order chi connectivity index (χ0) is 34.6. The van der Waals surface area contributed by atoms with E-state index in [1.165, 1.54) is 5.57 Å². The Balaban J connectivity index is 1.54. The lowest BCUT2D eigenvalue weighted by Crippen LogP contribution is -2.61. The Morgan fingerprint density at radius 1 is 1.11 bits per heavy atom. The number of hydrogen-bond donors (Lipinski definition) is 2. The summed E-state index contributed by atoms with van der Waals surface area (Å²) in [6.45, 7) is 21.3. The maximum atomic E-state index is 14.4. The van der Waals surface area contributed by atoms with Crippen molar-refractivity contribution in [1.29, 1.82) is 0 Å². The molecule has 10 atom stereocenters. The average Bonchev–Trinajstić information content (AvgIpc) is 3.30. The van der Waals surface area contributed by atoms with Crippen molar-refractivity contribution in [2.75, 3.05) is 6.61 Å². The third-order valence-electron chi connectivity index (χ3n) is 11.7. The molecule has 2 N–H and O–H groups in total. The average molecular weight is 673 g/mol. The SMILES string of the molecule is CC[C@H]1O[C@]2(CC[C@@]1(C)O)C[C@@H]1C[C@@H](C/C=C(\C)C[C@@H](C)/C=C/C=C3\CO[C@@H]4[C@H](O[Si](C)(C)C(C)(C)C)C(C)=C[C@@H](C(=O)O1)[C@]34O)O2. The first-order valence-corrected chi connectivity index (χ1v) is 20.7. The van der Waals surface area contributed by atoms with E-state index in [4.69, 9.17) is 23.4 Å². The maximum Gasteiger partial charge on any atom is 0.316 e. The van der Waals surface area contributed by atoms with Crippen molar-refractivity contribution in [3.05, 3.63) is 47.1 Å². The van der Waals surface area contributed by atoms with Crippen LogP contribution in [0.5, 0.6) is 0 Å². The molecule has 3 saturated heterocycles. The lowest BCUT2D eigenvalue weighted by Gasteiger charge is -2.52. The molecule has 3 fully saturated rings. The number of hydrogen-bond acceptors (Lipinski definition) is 8. The molecule has 4 aliphatic heterocycles. The minimum atomic E-state index is -2.26. The zero-order valence-electron chi connectivity index (χ0n) is 30.4. The minimum Gasteiger partial charge on any atom is -0.462 e. The fourth-order valence-corrected chi connectivity index (χ4v) is 9.16. The molecule has 0 saturated carbocycles. The van der Waals surface area contributed by atoms with Gasteiger partial charge in [0.2, 0.25) is 0 Å². The van der Waals surface area contributed by atoms with Gasteiger partial charge in [-0.1, -0.05) is 70.6 Å². The van der Waals surface area contributed by atoms with Gasteiger partial charge in [-0.25, -0.2) is 0 Å². The molecule has 264 valence electrons. The Labute approximate surface area is 283 Å². The van der Waals surface area contributed by atoms with Gasteiger partial charge in [-0.3, -0.25) is 4.79 Å². The van der Waals surface area contributed by atoms with E-state index < -0.39 is 55.5 Å². The van der Waals surface area contributed by atoms with Gasteiger partial charge in [-0.15, -0.1) is 0 Å². The highest BCUT2D eigenvalue weighted by Gasteiger charge is 2.61. The number of ether oxygens (including phenoxy) is 4. The predicted molar refractivity (Wildman–Crippen MR) is 185 cm³/mol. The number of carbonyl (C=O) groups is 1. The molecule has 0 aromatic rings. The van der Waals surface area contributed by atoms with Crippen molar-refractivity contribution in [3.8, 4) is 0 Å². The summed E-state index contributed by atoms with van der Waals surface area (Å²) in [6, 6.07) is 0. The Bertz CT molecular complexity index is 1310. The van der Waals surface area contributed by atoms with Crippen molar-refractivity contribution in [1.82, 2.24) is 0 Å². The normalized spacial score (nSPS) is 44.8. The highest BCUT2D eigenvalue weighted by Crippen LogP contribution is 2.50. The fourth-order valence-electron chi connectivity index (χ4n) is 7.86. The van der Waals surface area contributed by atoms with E-state index in [0.717, 1.165) is 12.0 Å². The summed E-state index contributed by atoms with van der Waals surface area (Å²) in [5.41, 5.74) is 0.216. The molecule has 0 unspecified atom stereocenters. The Morgan fingerprint density at radius 2 is 1.83 bits per heavy atom. The number of allylic oxidation sites excluding steroid dienone is 4. The summed E-state index contributed by atoms with van der Waals surface area (Å²) < 4.78 is 33.0. The van der Waals surface area contributed by atoms with Gasteiger partial charge in [0.1, 0.15) is 23.7 Å². The predicted octanol–water partition coefficient (Wildman–Crippen LogP) is 7.07. The zero-order valence-corrected chi connectivity index (χ0v) is 31.4. The first kappa shape index (κ1) is 36.7. The first-order valence-electron chi connectivity index (χ1n) is 17.8. The van der Waals surface area contributed by atoms with Crippen LogP contribution >= 0.6 is 0 Å². The lowest BCUT2D eigenvalue weighted by atomic mass is 9.71. The van der Waals surface area contributed by atoms with E-state index >= 15 is 0 Å². The minimum absolute atomic E-state index is 0.0458. The highest BCUT2D eigenvalue weighted by molar-refractivity contribution is 6.74. The van der Waals surface area contributed by atoms with E-state index in [2.05, 4.69) is 59.9 Å². The van der Waals surface area contributed by atoms with Gasteiger partial charge in [-0.05, 0) is 81.7 Å². The van der Waals surface area contributed by atoms with Crippen LogP contribution in [0.4, 0.5) is 0 Å². The van der Waals surface area contributed by atoms with E-state index in [0.29, 0.717) is 44.1 Å². The van der Waals surface area contributed by atoms with Crippen LogP contribution in [-0.2, 0) is 28.2 Å². The van der Waals surface area contributed by atoms with Crippen molar-refractivity contribution in [3.63, 3.8) is 0 Å². The molecule has 0 radical (unpaired) electrons. The number of fused-ring (bicyclic) bond motifs is 2. The third-order valence-corrected chi connectivity index (χ3v) is 16.2. The van der Waals surface area contributed by atoms with E-state index in [9.17, 15) is 15.0 Å². The number of rotatable bonds is 3. The second kappa shape index (κ2) is 13.3. The van der Waals surface area contributed by atoms with Crippen LogP contribution in [-0.4, -0.2) is 78.6 Å². The molecule has 0 aromatic heterocycles. The summed E-state index contributed by atoms with van der Waals surface area (Å²) in [7, 11) is -2.26. The molecule has 1 aliphatic carbocycles. The molecule has 0 amide bonds. The lowest BCUT2D eigenvalue weighted by molar-refractivity contribution is -0.353. The number of carbonyl (C=O) groups excluding carboxylic acids is 1. The highest BCUT2D eigenvalue weighted by atomic mass is 28.4. The van der Waals surface area contributed by atoms with Gasteiger partial charge in [0.05, 0.1) is 30.5 Å². The standard InChI is InChI=1S/C38H60O8Si/c1-11-31-36(8,40)17-18-37(45-31)22-29-21-28(44-37)16-15-25(3)19-24(2)13-12-14-27-23-42-33-32(46-47(9,10)35(5,6)7)26(4)20-30(34(39)43-29)38(27,33)41/h12-15,20,24,28-33,40-41H,11,16-19,21-23H2,1-10H3/b13-12+,25-15+,27-14+/t24-,28+,29-,30-,31+,32+,33+,36+,37+,38+/m0/s1. The molecule has 5 rings (SSSR count). The summed E-state index contributed by atoms with van der Waals surface area (Å²) in [5, 5.41) is 23.7. The molecule has 4 heterocycles. The third kappa shape index (κ3) is 7.33. The van der Waals surface area contributed by atoms with E-state index in [-0.39, 0.29) is 29.8 Å². The van der Waals surface area contributed by atoms with Gasteiger partial charge in [0.25, 0.3) is 0 Å². The van der Waals surface area contributed by atoms with Crippen molar-refractivity contribution < 1.29 is 38.4 Å². The monoisotopic (exact) mass is 672 g/mol. The second-order valence-electron chi connectivity index (χ2n) is 16.8. The van der Waals surface area contributed by atoms with E-state index in [1.54, 1.807) is 0 Å². The van der Waals surface area contributed by atoms with Gasteiger partial charge >= 0.3 is 5.97 Å². The fraction of sp³-hybridized carbons (Fsp3) is 0.763. The second-order valence-corrected chi connectivity index (χ2v) is 21.6. The van der Waals surface area contributed by atoms with Gasteiger partial charge < -0.3 is 33.6 Å². The Morgan fingerprint density at radius 3 is 2.51 bits per heavy atom. The summed E-state index contributed by atoms with van der Waals surface area (Å²) in [5.74, 6) is -2.13. The van der Waals surface area contributed by atoms with Crippen LogP contribution in [0.25, 0.3) is 0 Å². The van der Waals surface area contributed by atoms with Crippen molar-refractivity contribution >= 4 is 14.3 Å². The smallest absolute Gasteiger partial charge is 0.316 e. The quantitative estimate of drug-likeness (QED) is 0.187. The van der Waals surface area contributed by atoms with Crippen LogP contribution in [0, 0.1) is 11.8 Å². The summed E-state index contributed by atoms with van der Waals surface area (Å²) in [4.78, 5) is 14.4. The van der Waals surface area contributed by atoms with Crippen LogP contribution in [0.1, 0.15) is 100 Å². The molecule has 47 heavy (non-hydrogen) atoms. The summed E-state index contributed by atoms with van der Waals surface area (Å²) in [6.07, 6.45) is 12.0. The molecule has 1 spiro atoms. The molecular weight excluding hydrogens is 612 g/mol. The molecule has 2 bridgehead atoms. The van der Waals surface area contributed by atoms with Crippen LogP contribution in [0.2, 0.25) is 18.1 Å². The molecule has 0 aromatic carbocycles. The largest absolute Gasteiger partial charge is 0.462 e. The van der Waals surface area contributed by atoms with Crippen molar-refractivity contribution in [2.24, 2.45) is 11.8 Å². The number of aliphatic hydroxyl groups is 2. The number of esters is 1. The Hall–Kier alpha value is -1.59. The van der Waals surface area contributed by atoms with Gasteiger partial charge in [0, 0.05) is 19.3 Å². The summed E-state index contributed by atoms with van der Waals surface area (Å²) >= 11 is 0. The molecule has 8 nitrogen and oxygen atoms in total. The maximum absolute atomic E-state index is 14.4. The van der Waals surface area contributed by atoms with Crippen LogP contribution in [0.3, 0.4) is 0 Å². The first-order chi connectivity index (χ1) is 21.8. The molecular formula is C38H60O8Si. The topological polar surface area (TPSA) is 104 Å². The molecule has 9 heteroatoms. The molecule has 5 aliphatic rings. The van der Waals surface area contributed by atoms with Crippen LogP contribution in [0.15, 0.2) is 47.1 Å².